The van der Waals surface area contributed by atoms with Gasteiger partial charge in [0, 0.05) is 35.4 Å². The van der Waals surface area contributed by atoms with E-state index in [0.29, 0.717) is 5.02 Å². The predicted octanol–water partition coefficient (Wildman–Crippen LogP) is 3.78. The van der Waals surface area contributed by atoms with E-state index >= 15 is 0 Å². The minimum atomic E-state index is 0.713. The Kier molecular flexibility index (Phi) is 4.23. The van der Waals surface area contributed by atoms with Crippen LogP contribution in [0, 0.1) is 0 Å². The molecule has 0 fully saturated rings. The Bertz CT molecular complexity index is 719. The Labute approximate surface area is 129 Å². The molecular weight excluding hydrogens is 282 g/mol. The van der Waals surface area contributed by atoms with E-state index in [1.165, 1.54) is 11.1 Å². The molecule has 4 heteroatoms. The topological polar surface area (TPSA) is 37.0 Å². The fourth-order valence-corrected chi connectivity index (χ4v) is 2.80. The molecule has 1 aliphatic rings. The zero-order valence-electron chi connectivity index (χ0n) is 12.0. The molecule has 0 radical (unpaired) electrons. The fraction of sp³-hybridized carbons (Fsp3) is 0.235. The highest BCUT2D eigenvalue weighted by molar-refractivity contribution is 6.31. The van der Waals surface area contributed by atoms with Crippen LogP contribution in [0.1, 0.15) is 6.42 Å². The molecule has 2 N–H and O–H groups in total. The molecule has 0 spiro atoms. The number of likely N-dealkylation sites (N-methyl/N-ethyl adjacent to an activating group) is 1. The lowest BCUT2D eigenvalue weighted by molar-refractivity contribution is 0.883. The van der Waals surface area contributed by atoms with E-state index in [1.807, 2.05) is 37.5 Å². The maximum atomic E-state index is 6.02. The highest BCUT2D eigenvalue weighted by atomic mass is 35.5. The summed E-state index contributed by atoms with van der Waals surface area (Å²) in [7, 11) is 1.98. The van der Waals surface area contributed by atoms with E-state index in [4.69, 9.17) is 11.6 Å². The second-order valence-electron chi connectivity index (χ2n) is 5.10. The van der Waals surface area contributed by atoms with Crippen molar-refractivity contribution in [2.75, 3.05) is 25.5 Å². The number of hydrogen-bond acceptors (Lipinski definition) is 3. The van der Waals surface area contributed by atoms with Crippen molar-refractivity contribution in [2.24, 2.45) is 0 Å². The summed E-state index contributed by atoms with van der Waals surface area (Å²) in [6.45, 7) is 1.75. The van der Waals surface area contributed by atoms with E-state index in [-0.39, 0.29) is 0 Å². The van der Waals surface area contributed by atoms with Crippen LogP contribution in [-0.2, 0) is 0 Å². The molecule has 21 heavy (non-hydrogen) atoms. The van der Waals surface area contributed by atoms with Gasteiger partial charge in [0.2, 0.25) is 0 Å². The Morgan fingerprint density at radius 3 is 2.76 bits per heavy atom. The maximum absolute atomic E-state index is 6.02. The number of aromatic nitrogens is 1. The fourth-order valence-electron chi connectivity index (χ4n) is 2.63. The van der Waals surface area contributed by atoms with Gasteiger partial charge in [-0.2, -0.15) is 0 Å². The van der Waals surface area contributed by atoms with Gasteiger partial charge in [-0.05, 0) is 48.9 Å². The van der Waals surface area contributed by atoms with Gasteiger partial charge in [-0.15, -0.1) is 0 Å². The first-order chi connectivity index (χ1) is 10.3. The van der Waals surface area contributed by atoms with Gasteiger partial charge in [0.1, 0.15) is 0 Å². The molecule has 3 nitrogen and oxygen atoms in total. The first-order valence-electron chi connectivity index (χ1n) is 7.09. The largest absolute Gasteiger partial charge is 0.380 e. The highest BCUT2D eigenvalue weighted by Gasteiger charge is 2.10. The Morgan fingerprint density at radius 1 is 1.14 bits per heavy atom. The van der Waals surface area contributed by atoms with Crippen LogP contribution in [0.5, 0.6) is 0 Å². The average Bonchev–Trinajstić information content (AvgIpc) is 2.92. The summed E-state index contributed by atoms with van der Waals surface area (Å²) in [4.78, 5) is 4.37. The normalized spacial score (nSPS) is 14.2. The second kappa shape index (κ2) is 6.29. The molecular formula is C17H18ClN3. The van der Waals surface area contributed by atoms with Crippen LogP contribution in [-0.4, -0.2) is 25.1 Å². The SMILES string of the molecule is CNCC1=CCC=C1CNc1ccnc2cc(Cl)ccc12. The third-order valence-electron chi connectivity index (χ3n) is 3.68. The van der Waals surface area contributed by atoms with Crippen LogP contribution >= 0.6 is 11.6 Å². The van der Waals surface area contributed by atoms with Gasteiger partial charge >= 0.3 is 0 Å². The smallest absolute Gasteiger partial charge is 0.0737 e. The zero-order chi connectivity index (χ0) is 14.7. The minimum absolute atomic E-state index is 0.713. The number of benzene rings is 1. The summed E-state index contributed by atoms with van der Waals surface area (Å²) in [6.07, 6.45) is 7.40. The van der Waals surface area contributed by atoms with Gasteiger partial charge in [-0.1, -0.05) is 23.8 Å². The summed E-state index contributed by atoms with van der Waals surface area (Å²) < 4.78 is 0. The van der Waals surface area contributed by atoms with Crippen molar-refractivity contribution in [3.05, 3.63) is 58.8 Å². The monoisotopic (exact) mass is 299 g/mol. The molecule has 0 saturated heterocycles. The molecule has 0 unspecified atom stereocenters. The van der Waals surface area contributed by atoms with Crippen LogP contribution in [0.4, 0.5) is 5.69 Å². The number of fused-ring (bicyclic) bond motifs is 1. The van der Waals surface area contributed by atoms with Crippen molar-refractivity contribution in [3.8, 4) is 0 Å². The Balaban J connectivity index is 1.78. The van der Waals surface area contributed by atoms with Crippen LogP contribution in [0.3, 0.4) is 0 Å². The standard InChI is InChI=1S/C17H18ClN3/c1-19-10-12-3-2-4-13(12)11-21-16-7-8-20-17-9-14(18)5-6-15(16)17/h3-9,19H,2,10-11H2,1H3,(H,20,21). The molecule has 1 aromatic heterocycles. The van der Waals surface area contributed by atoms with Crippen molar-refractivity contribution >= 4 is 28.2 Å². The van der Waals surface area contributed by atoms with E-state index < -0.39 is 0 Å². The first-order valence-corrected chi connectivity index (χ1v) is 7.47. The number of nitrogens with one attached hydrogen (secondary N) is 2. The summed E-state index contributed by atoms with van der Waals surface area (Å²) in [5, 5.41) is 8.54. The van der Waals surface area contributed by atoms with Crippen molar-refractivity contribution in [2.45, 2.75) is 6.42 Å². The lowest BCUT2D eigenvalue weighted by atomic mass is 10.1. The molecule has 0 atom stereocenters. The number of nitrogens with zero attached hydrogens (tertiary/aromatic N) is 1. The van der Waals surface area contributed by atoms with Gasteiger partial charge in [-0.3, -0.25) is 4.98 Å². The van der Waals surface area contributed by atoms with E-state index in [0.717, 1.165) is 36.1 Å². The number of hydrogen-bond donors (Lipinski definition) is 2. The number of halogens is 1. The Morgan fingerprint density at radius 2 is 1.95 bits per heavy atom. The average molecular weight is 300 g/mol. The summed E-state index contributed by atoms with van der Waals surface area (Å²) in [5.41, 5.74) is 4.75. The van der Waals surface area contributed by atoms with Crippen LogP contribution in [0.25, 0.3) is 10.9 Å². The van der Waals surface area contributed by atoms with Gasteiger partial charge in [0.25, 0.3) is 0 Å². The molecule has 0 amide bonds. The van der Waals surface area contributed by atoms with Gasteiger partial charge in [0.15, 0.2) is 0 Å². The minimum Gasteiger partial charge on any atom is -0.380 e. The molecule has 0 saturated carbocycles. The van der Waals surface area contributed by atoms with Crippen molar-refractivity contribution < 1.29 is 0 Å². The number of pyridine rings is 1. The third-order valence-corrected chi connectivity index (χ3v) is 3.92. The van der Waals surface area contributed by atoms with Crippen LogP contribution in [0.15, 0.2) is 53.8 Å². The summed E-state index contributed by atoms with van der Waals surface area (Å²) >= 11 is 6.02. The molecule has 2 aromatic rings. The Hall–Kier alpha value is -1.84. The first kappa shape index (κ1) is 14.1. The van der Waals surface area contributed by atoms with E-state index in [2.05, 4.69) is 27.8 Å². The van der Waals surface area contributed by atoms with Crippen molar-refractivity contribution in [1.82, 2.24) is 10.3 Å². The summed E-state index contributed by atoms with van der Waals surface area (Å²) in [6, 6.07) is 7.81. The van der Waals surface area contributed by atoms with Gasteiger partial charge in [-0.25, -0.2) is 0 Å². The van der Waals surface area contributed by atoms with Crippen LogP contribution < -0.4 is 10.6 Å². The van der Waals surface area contributed by atoms with Gasteiger partial charge < -0.3 is 10.6 Å². The highest BCUT2D eigenvalue weighted by Crippen LogP contribution is 2.25. The van der Waals surface area contributed by atoms with Crippen LogP contribution in [0.2, 0.25) is 5.02 Å². The predicted molar refractivity (Wildman–Crippen MR) is 90.0 cm³/mol. The molecule has 1 aliphatic carbocycles. The molecule has 0 bridgehead atoms. The number of allylic oxidation sites excluding steroid dienone is 2. The van der Waals surface area contributed by atoms with E-state index in [1.54, 1.807) is 0 Å². The number of rotatable bonds is 5. The lowest BCUT2D eigenvalue weighted by Crippen LogP contribution is -2.14. The molecule has 1 heterocycles. The summed E-state index contributed by atoms with van der Waals surface area (Å²) in [5.74, 6) is 0. The molecule has 1 aromatic carbocycles. The molecule has 0 aliphatic heterocycles. The van der Waals surface area contributed by atoms with Crippen molar-refractivity contribution in [3.63, 3.8) is 0 Å². The second-order valence-corrected chi connectivity index (χ2v) is 5.53. The lowest BCUT2D eigenvalue weighted by Gasteiger charge is -2.13. The zero-order valence-corrected chi connectivity index (χ0v) is 12.7. The maximum Gasteiger partial charge on any atom is 0.0737 e. The van der Waals surface area contributed by atoms with Crippen molar-refractivity contribution in [1.29, 1.82) is 0 Å². The van der Waals surface area contributed by atoms with Gasteiger partial charge in [0.05, 0.1) is 5.52 Å². The quantitative estimate of drug-likeness (QED) is 0.882. The molecule has 3 rings (SSSR count). The number of anilines is 1. The third kappa shape index (κ3) is 3.09. The molecule has 108 valence electrons. The van der Waals surface area contributed by atoms with E-state index in [9.17, 15) is 0 Å².